The van der Waals surface area contributed by atoms with Crippen LogP contribution in [-0.4, -0.2) is 36.9 Å². The van der Waals surface area contributed by atoms with Crippen molar-refractivity contribution in [3.8, 4) is 0 Å². The minimum absolute atomic E-state index is 0.399. The lowest BCUT2D eigenvalue weighted by atomic mass is 9.84. The largest absolute Gasteiger partial charge is 0.366 e. The molecule has 2 fully saturated rings. The van der Waals surface area contributed by atoms with Crippen molar-refractivity contribution < 1.29 is 18.6 Å². The molecular formula is C11H19FO3. The SMILES string of the molecule is CC1(C)CC2(CC(C)(CF)O1)OCCO2. The molecule has 0 aliphatic carbocycles. The monoisotopic (exact) mass is 218 g/mol. The highest BCUT2D eigenvalue weighted by atomic mass is 19.1. The summed E-state index contributed by atoms with van der Waals surface area (Å²) in [5, 5.41) is 0. The second-order valence-electron chi connectivity index (χ2n) is 5.41. The van der Waals surface area contributed by atoms with Gasteiger partial charge in [0.15, 0.2) is 5.79 Å². The highest BCUT2D eigenvalue weighted by Gasteiger charge is 2.53. The summed E-state index contributed by atoms with van der Waals surface area (Å²) in [6, 6.07) is 0. The van der Waals surface area contributed by atoms with Crippen molar-refractivity contribution in [2.24, 2.45) is 0 Å². The lowest BCUT2D eigenvalue weighted by Crippen LogP contribution is -2.56. The van der Waals surface area contributed by atoms with Gasteiger partial charge in [0.25, 0.3) is 0 Å². The molecule has 0 saturated carbocycles. The Hall–Kier alpha value is -0.190. The molecule has 2 aliphatic heterocycles. The zero-order valence-corrected chi connectivity index (χ0v) is 9.64. The van der Waals surface area contributed by atoms with Crippen molar-refractivity contribution in [3.05, 3.63) is 0 Å². The standard InChI is InChI=1S/C11H19FO3/c1-9(2)6-11(13-4-5-14-11)7-10(3,8-12)15-9/h4-8H2,1-3H3. The fourth-order valence-electron chi connectivity index (χ4n) is 2.80. The number of alkyl halides is 1. The van der Waals surface area contributed by atoms with E-state index in [4.69, 9.17) is 14.2 Å². The lowest BCUT2D eigenvalue weighted by molar-refractivity contribution is -0.293. The zero-order valence-electron chi connectivity index (χ0n) is 9.64. The van der Waals surface area contributed by atoms with Crippen molar-refractivity contribution in [1.82, 2.24) is 0 Å². The number of halogens is 1. The van der Waals surface area contributed by atoms with Crippen LogP contribution in [0.5, 0.6) is 0 Å². The van der Waals surface area contributed by atoms with Crippen LogP contribution in [0.2, 0.25) is 0 Å². The lowest BCUT2D eigenvalue weighted by Gasteiger charge is -2.49. The summed E-state index contributed by atoms with van der Waals surface area (Å²) in [6.45, 7) is 6.36. The van der Waals surface area contributed by atoms with Crippen molar-refractivity contribution >= 4 is 0 Å². The first-order chi connectivity index (χ1) is 6.89. The van der Waals surface area contributed by atoms with E-state index in [-0.39, 0.29) is 0 Å². The van der Waals surface area contributed by atoms with E-state index in [0.717, 1.165) is 0 Å². The molecule has 88 valence electrons. The van der Waals surface area contributed by atoms with Crippen LogP contribution < -0.4 is 0 Å². The Labute approximate surface area is 89.9 Å². The average Bonchev–Trinajstić information content (AvgIpc) is 2.49. The third-order valence-electron chi connectivity index (χ3n) is 2.96. The first kappa shape index (κ1) is 11.3. The number of rotatable bonds is 1. The summed E-state index contributed by atoms with van der Waals surface area (Å²) in [5.74, 6) is -0.622. The van der Waals surface area contributed by atoms with Gasteiger partial charge in [-0.05, 0) is 20.8 Å². The van der Waals surface area contributed by atoms with Crippen molar-refractivity contribution in [2.75, 3.05) is 19.9 Å². The molecule has 0 aromatic carbocycles. The number of ether oxygens (including phenoxy) is 3. The van der Waals surface area contributed by atoms with E-state index >= 15 is 0 Å². The second kappa shape index (κ2) is 3.40. The third-order valence-corrected chi connectivity index (χ3v) is 2.96. The van der Waals surface area contributed by atoms with Crippen molar-refractivity contribution in [1.29, 1.82) is 0 Å². The van der Waals surface area contributed by atoms with E-state index in [1.54, 1.807) is 6.92 Å². The molecule has 1 atom stereocenters. The van der Waals surface area contributed by atoms with Gasteiger partial charge in [-0.1, -0.05) is 0 Å². The minimum atomic E-state index is -0.786. The topological polar surface area (TPSA) is 27.7 Å². The fourth-order valence-corrected chi connectivity index (χ4v) is 2.80. The molecule has 0 bridgehead atoms. The summed E-state index contributed by atoms with van der Waals surface area (Å²) in [4.78, 5) is 0. The normalized spacial score (nSPS) is 38.4. The van der Waals surface area contributed by atoms with E-state index in [0.29, 0.717) is 26.1 Å². The Balaban J connectivity index is 2.21. The van der Waals surface area contributed by atoms with Gasteiger partial charge < -0.3 is 14.2 Å². The van der Waals surface area contributed by atoms with E-state index in [2.05, 4.69) is 0 Å². The van der Waals surface area contributed by atoms with Crippen LogP contribution in [0.1, 0.15) is 33.6 Å². The molecule has 0 radical (unpaired) electrons. The van der Waals surface area contributed by atoms with E-state index in [1.165, 1.54) is 0 Å². The maximum absolute atomic E-state index is 13.0. The van der Waals surface area contributed by atoms with Crippen LogP contribution in [0.3, 0.4) is 0 Å². The van der Waals surface area contributed by atoms with Gasteiger partial charge in [0.1, 0.15) is 6.67 Å². The van der Waals surface area contributed by atoms with Crippen LogP contribution in [0.25, 0.3) is 0 Å². The molecule has 1 spiro atoms. The Morgan fingerprint density at radius 3 is 2.20 bits per heavy atom. The molecule has 2 aliphatic rings. The van der Waals surface area contributed by atoms with Gasteiger partial charge in [-0.2, -0.15) is 0 Å². The highest BCUT2D eigenvalue weighted by molar-refractivity contribution is 4.97. The molecule has 0 aromatic rings. The summed E-state index contributed by atoms with van der Waals surface area (Å²) >= 11 is 0. The van der Waals surface area contributed by atoms with E-state index in [1.807, 2.05) is 13.8 Å². The van der Waals surface area contributed by atoms with Gasteiger partial charge in [0.2, 0.25) is 0 Å². The molecular weight excluding hydrogens is 199 g/mol. The molecule has 0 N–H and O–H groups in total. The van der Waals surface area contributed by atoms with Gasteiger partial charge in [-0.3, -0.25) is 0 Å². The molecule has 2 saturated heterocycles. The Bertz CT molecular complexity index is 248. The zero-order chi connectivity index (χ0) is 11.2. The molecule has 4 heteroatoms. The van der Waals surface area contributed by atoms with Crippen LogP contribution >= 0.6 is 0 Å². The first-order valence-corrected chi connectivity index (χ1v) is 5.43. The van der Waals surface area contributed by atoms with Gasteiger partial charge >= 0.3 is 0 Å². The van der Waals surface area contributed by atoms with Gasteiger partial charge in [-0.25, -0.2) is 4.39 Å². The van der Waals surface area contributed by atoms with Crippen LogP contribution in [0.15, 0.2) is 0 Å². The molecule has 3 nitrogen and oxygen atoms in total. The minimum Gasteiger partial charge on any atom is -0.366 e. The van der Waals surface area contributed by atoms with Crippen LogP contribution in [0.4, 0.5) is 4.39 Å². The predicted molar refractivity (Wildman–Crippen MR) is 53.4 cm³/mol. The van der Waals surface area contributed by atoms with Crippen molar-refractivity contribution in [2.45, 2.75) is 50.6 Å². The van der Waals surface area contributed by atoms with E-state index < -0.39 is 23.7 Å². The smallest absolute Gasteiger partial charge is 0.174 e. The number of hydrogen-bond acceptors (Lipinski definition) is 3. The quantitative estimate of drug-likeness (QED) is 0.674. The summed E-state index contributed by atoms with van der Waals surface area (Å²) in [7, 11) is 0. The molecule has 15 heavy (non-hydrogen) atoms. The maximum Gasteiger partial charge on any atom is 0.174 e. The predicted octanol–water partition coefficient (Wildman–Crippen LogP) is 2.05. The first-order valence-electron chi connectivity index (χ1n) is 5.43. The third kappa shape index (κ3) is 2.17. The summed E-state index contributed by atoms with van der Waals surface area (Å²) < 4.78 is 30.1. The van der Waals surface area contributed by atoms with E-state index in [9.17, 15) is 4.39 Å². The summed E-state index contributed by atoms with van der Waals surface area (Å²) in [6.07, 6.45) is 1.13. The average molecular weight is 218 g/mol. The fraction of sp³-hybridized carbons (Fsp3) is 1.00. The van der Waals surface area contributed by atoms with Crippen LogP contribution in [-0.2, 0) is 14.2 Å². The molecule has 1 unspecified atom stereocenters. The molecule has 0 aromatic heterocycles. The van der Waals surface area contributed by atoms with Crippen molar-refractivity contribution in [3.63, 3.8) is 0 Å². The highest BCUT2D eigenvalue weighted by Crippen LogP contribution is 2.45. The number of hydrogen-bond donors (Lipinski definition) is 0. The molecule has 2 rings (SSSR count). The molecule has 0 amide bonds. The Morgan fingerprint density at radius 2 is 1.67 bits per heavy atom. The van der Waals surface area contributed by atoms with Gasteiger partial charge in [0, 0.05) is 12.8 Å². The maximum atomic E-state index is 13.0. The Morgan fingerprint density at radius 1 is 1.07 bits per heavy atom. The van der Waals surface area contributed by atoms with Gasteiger partial charge in [0.05, 0.1) is 24.4 Å². The second-order valence-corrected chi connectivity index (χ2v) is 5.41. The summed E-state index contributed by atoms with van der Waals surface area (Å²) in [5.41, 5.74) is -1.18. The Kier molecular flexibility index (Phi) is 2.56. The molecule has 2 heterocycles. The van der Waals surface area contributed by atoms with Gasteiger partial charge in [-0.15, -0.1) is 0 Å². The van der Waals surface area contributed by atoms with Crippen LogP contribution in [0, 0.1) is 0 Å².